The number of nitrogens with zero attached hydrogens (tertiary/aromatic N) is 4. The molecule has 4 rings (SSSR count). The highest BCUT2D eigenvalue weighted by Gasteiger charge is 2.22. The molecule has 31 heavy (non-hydrogen) atoms. The van der Waals surface area contributed by atoms with Crippen molar-refractivity contribution < 1.29 is 4.79 Å². The van der Waals surface area contributed by atoms with Gasteiger partial charge in [-0.15, -0.1) is 0 Å². The molecule has 1 saturated heterocycles. The number of hydrogen-bond acceptors (Lipinski definition) is 4. The normalized spacial score (nSPS) is 13.9. The monoisotopic (exact) mass is 415 g/mol. The van der Waals surface area contributed by atoms with Crippen molar-refractivity contribution in [2.45, 2.75) is 27.2 Å². The van der Waals surface area contributed by atoms with Crippen LogP contribution in [0.1, 0.15) is 23.7 Å². The minimum atomic E-state index is -0.0527. The zero-order valence-corrected chi connectivity index (χ0v) is 18.4. The summed E-state index contributed by atoms with van der Waals surface area (Å²) in [5.74, 6) is 1.66. The number of urea groups is 1. The van der Waals surface area contributed by atoms with Gasteiger partial charge in [0.25, 0.3) is 0 Å². The number of amides is 2. The Kier molecular flexibility index (Phi) is 6.16. The molecule has 1 aliphatic heterocycles. The number of nitrogens with one attached hydrogen (secondary N) is 1. The summed E-state index contributed by atoms with van der Waals surface area (Å²) in [6.07, 6.45) is 0.990. The van der Waals surface area contributed by atoms with E-state index in [1.165, 1.54) is 11.1 Å². The third-order valence-electron chi connectivity index (χ3n) is 5.65. The van der Waals surface area contributed by atoms with Gasteiger partial charge in [0.05, 0.1) is 0 Å². The van der Waals surface area contributed by atoms with E-state index >= 15 is 0 Å². The summed E-state index contributed by atoms with van der Waals surface area (Å²) in [4.78, 5) is 26.2. The van der Waals surface area contributed by atoms with Gasteiger partial charge in [0.1, 0.15) is 5.82 Å². The van der Waals surface area contributed by atoms with Crippen LogP contribution in [0, 0.1) is 13.8 Å². The van der Waals surface area contributed by atoms with Crippen molar-refractivity contribution in [1.82, 2.24) is 14.9 Å². The fourth-order valence-electron chi connectivity index (χ4n) is 3.71. The molecule has 0 aliphatic carbocycles. The molecule has 1 fully saturated rings. The first-order valence-corrected chi connectivity index (χ1v) is 10.8. The topological polar surface area (TPSA) is 61.4 Å². The number of anilines is 2. The highest BCUT2D eigenvalue weighted by atomic mass is 16.2. The second-order valence-electron chi connectivity index (χ2n) is 8.01. The molecule has 1 aromatic heterocycles. The van der Waals surface area contributed by atoms with E-state index in [1.807, 2.05) is 30.0 Å². The van der Waals surface area contributed by atoms with Crippen LogP contribution in [0.3, 0.4) is 0 Å². The number of aromatic nitrogens is 2. The van der Waals surface area contributed by atoms with E-state index in [-0.39, 0.29) is 6.03 Å². The Balaban J connectivity index is 1.40. The summed E-state index contributed by atoms with van der Waals surface area (Å²) in [6, 6.07) is 18.3. The van der Waals surface area contributed by atoms with Crippen LogP contribution >= 0.6 is 0 Å². The largest absolute Gasteiger partial charge is 0.353 e. The number of benzene rings is 2. The van der Waals surface area contributed by atoms with E-state index in [2.05, 4.69) is 65.4 Å². The molecule has 0 saturated carbocycles. The molecule has 2 amide bonds. The van der Waals surface area contributed by atoms with Gasteiger partial charge in [-0.1, -0.05) is 48.9 Å². The number of rotatable bonds is 4. The maximum Gasteiger partial charge on any atom is 0.321 e. The van der Waals surface area contributed by atoms with Crippen molar-refractivity contribution in [2.24, 2.45) is 0 Å². The van der Waals surface area contributed by atoms with Crippen molar-refractivity contribution in [3.63, 3.8) is 0 Å². The fraction of sp³-hybridized carbons (Fsp3) is 0.320. The second-order valence-corrected chi connectivity index (χ2v) is 8.01. The first kappa shape index (κ1) is 20.8. The Bertz CT molecular complexity index is 1040. The molecule has 1 N–H and O–H groups in total. The van der Waals surface area contributed by atoms with Crippen LogP contribution in [0.4, 0.5) is 16.3 Å². The molecule has 160 valence electrons. The van der Waals surface area contributed by atoms with Crippen molar-refractivity contribution in [2.75, 3.05) is 36.4 Å². The molecule has 0 radical (unpaired) electrons. The van der Waals surface area contributed by atoms with E-state index in [1.54, 1.807) is 0 Å². The molecular weight excluding hydrogens is 386 g/mol. The van der Waals surface area contributed by atoms with Gasteiger partial charge in [-0.25, -0.2) is 14.8 Å². The van der Waals surface area contributed by atoms with Gasteiger partial charge < -0.3 is 15.1 Å². The van der Waals surface area contributed by atoms with Crippen LogP contribution in [-0.2, 0) is 6.42 Å². The van der Waals surface area contributed by atoms with E-state index < -0.39 is 0 Å². The number of hydrogen-bond donors (Lipinski definition) is 1. The van der Waals surface area contributed by atoms with E-state index in [4.69, 9.17) is 4.98 Å². The predicted octanol–water partition coefficient (Wildman–Crippen LogP) is 4.68. The number of carbonyl (C=O) groups is 1. The van der Waals surface area contributed by atoms with Gasteiger partial charge in [0, 0.05) is 49.2 Å². The molecule has 0 unspecified atom stereocenters. The summed E-state index contributed by atoms with van der Waals surface area (Å²) in [7, 11) is 0. The summed E-state index contributed by atoms with van der Waals surface area (Å²) in [6.45, 7) is 8.98. The zero-order chi connectivity index (χ0) is 21.8. The summed E-state index contributed by atoms with van der Waals surface area (Å²) < 4.78 is 0. The van der Waals surface area contributed by atoms with E-state index in [0.717, 1.165) is 48.1 Å². The summed E-state index contributed by atoms with van der Waals surface area (Å²) >= 11 is 0. The molecule has 2 aromatic carbocycles. The van der Waals surface area contributed by atoms with Gasteiger partial charge in [-0.3, -0.25) is 0 Å². The molecule has 2 heterocycles. The minimum absolute atomic E-state index is 0.0527. The molecule has 0 bridgehead atoms. The molecule has 0 atom stereocenters. The maximum atomic E-state index is 12.7. The standard InChI is InChI=1S/C25H29N5O/c1-4-20-7-11-22(12-8-20)27-25(31)30-15-13-29(14-16-30)23-17-19(3)26-24(28-23)21-9-5-18(2)6-10-21/h5-12,17H,4,13-16H2,1-3H3,(H,27,31). The predicted molar refractivity (Wildman–Crippen MR) is 126 cm³/mol. The van der Waals surface area contributed by atoms with Crippen molar-refractivity contribution >= 4 is 17.5 Å². The van der Waals surface area contributed by atoms with Crippen LogP contribution in [-0.4, -0.2) is 47.1 Å². The maximum absolute atomic E-state index is 12.7. The van der Waals surface area contributed by atoms with Crippen molar-refractivity contribution in [3.05, 3.63) is 71.4 Å². The number of piperazine rings is 1. The summed E-state index contributed by atoms with van der Waals surface area (Å²) in [5, 5.41) is 3.00. The van der Waals surface area contributed by atoms with Gasteiger partial charge >= 0.3 is 6.03 Å². The molecule has 6 heteroatoms. The zero-order valence-electron chi connectivity index (χ0n) is 18.4. The Labute approximate surface area is 183 Å². The first-order valence-electron chi connectivity index (χ1n) is 10.8. The van der Waals surface area contributed by atoms with Crippen molar-refractivity contribution in [3.8, 4) is 11.4 Å². The van der Waals surface area contributed by atoms with E-state index in [9.17, 15) is 4.79 Å². The minimum Gasteiger partial charge on any atom is -0.353 e. The van der Waals surface area contributed by atoms with Crippen molar-refractivity contribution in [1.29, 1.82) is 0 Å². The third kappa shape index (κ3) is 5.02. The lowest BCUT2D eigenvalue weighted by Gasteiger charge is -2.35. The smallest absolute Gasteiger partial charge is 0.321 e. The Morgan fingerprint density at radius 2 is 1.61 bits per heavy atom. The Morgan fingerprint density at radius 1 is 0.935 bits per heavy atom. The Hall–Kier alpha value is -3.41. The number of carbonyl (C=O) groups excluding carboxylic acids is 1. The Morgan fingerprint density at radius 3 is 2.26 bits per heavy atom. The lowest BCUT2D eigenvalue weighted by Crippen LogP contribution is -2.50. The third-order valence-corrected chi connectivity index (χ3v) is 5.65. The first-order chi connectivity index (χ1) is 15.0. The highest BCUT2D eigenvalue weighted by Crippen LogP contribution is 2.22. The van der Waals surface area contributed by atoms with Crippen LogP contribution < -0.4 is 10.2 Å². The fourth-order valence-corrected chi connectivity index (χ4v) is 3.71. The molecule has 0 spiro atoms. The van der Waals surface area contributed by atoms with Crippen LogP contribution in [0.5, 0.6) is 0 Å². The lowest BCUT2D eigenvalue weighted by atomic mass is 10.1. The van der Waals surface area contributed by atoms with E-state index in [0.29, 0.717) is 13.1 Å². The molecule has 3 aromatic rings. The molecule has 1 aliphatic rings. The highest BCUT2D eigenvalue weighted by molar-refractivity contribution is 5.89. The van der Waals surface area contributed by atoms with Gasteiger partial charge in [-0.05, 0) is 38.0 Å². The van der Waals surface area contributed by atoms with Gasteiger partial charge in [0.15, 0.2) is 5.82 Å². The van der Waals surface area contributed by atoms with Crippen LogP contribution in [0.15, 0.2) is 54.6 Å². The quantitative estimate of drug-likeness (QED) is 0.672. The average Bonchev–Trinajstić information content (AvgIpc) is 2.80. The summed E-state index contributed by atoms with van der Waals surface area (Å²) in [5.41, 5.74) is 5.27. The second kappa shape index (κ2) is 9.16. The number of aryl methyl sites for hydroxylation is 3. The van der Waals surface area contributed by atoms with Crippen LogP contribution in [0.25, 0.3) is 11.4 Å². The van der Waals surface area contributed by atoms with Gasteiger partial charge in [-0.2, -0.15) is 0 Å². The molecular formula is C25H29N5O. The lowest BCUT2D eigenvalue weighted by molar-refractivity contribution is 0.208. The SMILES string of the molecule is CCc1ccc(NC(=O)N2CCN(c3cc(C)nc(-c4ccc(C)cc4)n3)CC2)cc1. The van der Waals surface area contributed by atoms with Gasteiger partial charge in [0.2, 0.25) is 0 Å². The average molecular weight is 416 g/mol. The molecule has 6 nitrogen and oxygen atoms in total. The van der Waals surface area contributed by atoms with Crippen LogP contribution in [0.2, 0.25) is 0 Å².